The zero-order valence-electron chi connectivity index (χ0n) is 15.8. The highest BCUT2D eigenvalue weighted by Crippen LogP contribution is 2.27. The molecule has 7 heteroatoms. The maximum atomic E-state index is 12.3. The lowest BCUT2D eigenvalue weighted by Crippen LogP contribution is -2.23. The molecule has 0 radical (unpaired) electrons. The Bertz CT molecular complexity index is 1130. The van der Waals surface area contributed by atoms with Crippen molar-refractivity contribution in [3.05, 3.63) is 84.6 Å². The molecule has 0 spiro atoms. The number of nitrogens with one attached hydrogen (secondary N) is 2. The standard InChI is InChI=1S/C22H19N5O2/c1-29-18-6-4-16-8-10-24-21(19(16)11-18)27-17-5-7-20(25-14-17)22(28)26-13-15-3-2-9-23-12-15/h2-12,14H,13H2,1H3,(H,24,27)(H,26,28). The van der Waals surface area contributed by atoms with Gasteiger partial charge in [-0.15, -0.1) is 0 Å². The summed E-state index contributed by atoms with van der Waals surface area (Å²) in [5.41, 5.74) is 2.00. The van der Waals surface area contributed by atoms with E-state index in [1.54, 1.807) is 44.0 Å². The molecule has 0 fully saturated rings. The van der Waals surface area contributed by atoms with E-state index in [0.717, 1.165) is 27.8 Å². The van der Waals surface area contributed by atoms with E-state index in [-0.39, 0.29) is 5.91 Å². The van der Waals surface area contributed by atoms with Crippen LogP contribution in [0.4, 0.5) is 11.5 Å². The lowest BCUT2D eigenvalue weighted by molar-refractivity contribution is 0.0946. The van der Waals surface area contributed by atoms with E-state index in [0.29, 0.717) is 18.1 Å². The van der Waals surface area contributed by atoms with Gasteiger partial charge in [-0.05, 0) is 47.3 Å². The minimum atomic E-state index is -0.242. The summed E-state index contributed by atoms with van der Waals surface area (Å²) in [6.07, 6.45) is 6.76. The van der Waals surface area contributed by atoms with Crippen LogP contribution in [0.1, 0.15) is 16.1 Å². The molecule has 2 N–H and O–H groups in total. The third-order valence-corrected chi connectivity index (χ3v) is 4.41. The molecular formula is C22H19N5O2. The second-order valence-electron chi connectivity index (χ2n) is 6.35. The Labute approximate surface area is 167 Å². The molecule has 0 atom stereocenters. The van der Waals surface area contributed by atoms with Crippen molar-refractivity contribution in [2.45, 2.75) is 6.54 Å². The molecule has 4 aromatic rings. The van der Waals surface area contributed by atoms with E-state index in [1.807, 2.05) is 36.4 Å². The van der Waals surface area contributed by atoms with Crippen molar-refractivity contribution in [1.82, 2.24) is 20.3 Å². The number of amides is 1. The van der Waals surface area contributed by atoms with Crippen molar-refractivity contribution in [1.29, 1.82) is 0 Å². The lowest BCUT2D eigenvalue weighted by Gasteiger charge is -2.10. The highest BCUT2D eigenvalue weighted by atomic mass is 16.5. The largest absolute Gasteiger partial charge is 0.497 e. The van der Waals surface area contributed by atoms with E-state index < -0.39 is 0 Å². The number of carbonyl (C=O) groups excluding carboxylic acids is 1. The average molecular weight is 385 g/mol. The van der Waals surface area contributed by atoms with Crippen LogP contribution in [0, 0.1) is 0 Å². The Hall–Kier alpha value is -4.00. The molecule has 3 aromatic heterocycles. The third-order valence-electron chi connectivity index (χ3n) is 4.41. The molecule has 0 aliphatic heterocycles. The van der Waals surface area contributed by atoms with Gasteiger partial charge in [-0.25, -0.2) is 9.97 Å². The first kappa shape index (κ1) is 18.4. The van der Waals surface area contributed by atoms with Gasteiger partial charge in [-0.2, -0.15) is 0 Å². The number of methoxy groups -OCH3 is 1. The van der Waals surface area contributed by atoms with Gasteiger partial charge >= 0.3 is 0 Å². The number of rotatable bonds is 6. The number of pyridine rings is 3. The van der Waals surface area contributed by atoms with Crippen LogP contribution in [-0.2, 0) is 6.54 Å². The number of aromatic nitrogens is 3. The van der Waals surface area contributed by atoms with Crippen molar-refractivity contribution in [2.75, 3.05) is 12.4 Å². The summed E-state index contributed by atoms with van der Waals surface area (Å²) in [4.78, 5) is 25.0. The number of carbonyl (C=O) groups is 1. The highest BCUT2D eigenvalue weighted by molar-refractivity contribution is 5.95. The van der Waals surface area contributed by atoms with Gasteiger partial charge in [0.1, 0.15) is 17.3 Å². The number of hydrogen-bond acceptors (Lipinski definition) is 6. The van der Waals surface area contributed by atoms with Crippen molar-refractivity contribution in [3.8, 4) is 5.75 Å². The van der Waals surface area contributed by atoms with Crippen LogP contribution in [0.2, 0.25) is 0 Å². The molecule has 7 nitrogen and oxygen atoms in total. The zero-order valence-corrected chi connectivity index (χ0v) is 15.8. The van der Waals surface area contributed by atoms with E-state index in [9.17, 15) is 4.79 Å². The van der Waals surface area contributed by atoms with Crippen LogP contribution in [0.15, 0.2) is 73.3 Å². The summed E-state index contributed by atoms with van der Waals surface area (Å²) in [6.45, 7) is 0.399. The van der Waals surface area contributed by atoms with Crippen LogP contribution >= 0.6 is 0 Å². The summed E-state index contributed by atoms with van der Waals surface area (Å²) in [7, 11) is 1.63. The van der Waals surface area contributed by atoms with Crippen molar-refractivity contribution < 1.29 is 9.53 Å². The Morgan fingerprint density at radius 3 is 2.72 bits per heavy atom. The summed E-state index contributed by atoms with van der Waals surface area (Å²) in [5.74, 6) is 1.21. The lowest BCUT2D eigenvalue weighted by atomic mass is 10.1. The van der Waals surface area contributed by atoms with Gasteiger partial charge in [0.15, 0.2) is 0 Å². The van der Waals surface area contributed by atoms with Gasteiger partial charge in [-0.1, -0.05) is 12.1 Å². The molecule has 0 bridgehead atoms. The minimum absolute atomic E-state index is 0.242. The Morgan fingerprint density at radius 2 is 1.97 bits per heavy atom. The van der Waals surface area contributed by atoms with Crippen LogP contribution < -0.4 is 15.4 Å². The Balaban J connectivity index is 1.47. The maximum absolute atomic E-state index is 12.3. The van der Waals surface area contributed by atoms with E-state index in [2.05, 4.69) is 25.6 Å². The summed E-state index contributed by atoms with van der Waals surface area (Å²) < 4.78 is 5.31. The normalized spacial score (nSPS) is 10.5. The third kappa shape index (κ3) is 4.30. The van der Waals surface area contributed by atoms with Crippen LogP contribution in [-0.4, -0.2) is 28.0 Å². The van der Waals surface area contributed by atoms with Gasteiger partial charge in [0.05, 0.1) is 19.0 Å². The first-order valence-electron chi connectivity index (χ1n) is 9.06. The molecule has 1 amide bonds. The quantitative estimate of drug-likeness (QED) is 0.526. The Kier molecular flexibility index (Phi) is 5.29. The number of hydrogen-bond donors (Lipinski definition) is 2. The zero-order chi connectivity index (χ0) is 20.1. The second kappa shape index (κ2) is 8.35. The molecule has 1 aromatic carbocycles. The van der Waals surface area contributed by atoms with Gasteiger partial charge in [-0.3, -0.25) is 9.78 Å². The molecule has 3 heterocycles. The molecule has 29 heavy (non-hydrogen) atoms. The molecular weight excluding hydrogens is 366 g/mol. The van der Waals surface area contributed by atoms with E-state index in [4.69, 9.17) is 4.74 Å². The molecule has 0 unspecified atom stereocenters. The molecule has 0 aliphatic carbocycles. The smallest absolute Gasteiger partial charge is 0.270 e. The first-order valence-corrected chi connectivity index (χ1v) is 9.06. The maximum Gasteiger partial charge on any atom is 0.270 e. The molecule has 144 valence electrons. The molecule has 0 saturated heterocycles. The highest BCUT2D eigenvalue weighted by Gasteiger charge is 2.09. The van der Waals surface area contributed by atoms with Crippen molar-refractivity contribution in [3.63, 3.8) is 0 Å². The second-order valence-corrected chi connectivity index (χ2v) is 6.35. The van der Waals surface area contributed by atoms with E-state index in [1.165, 1.54) is 0 Å². The summed E-state index contributed by atoms with van der Waals surface area (Å²) in [5, 5.41) is 8.07. The number of anilines is 2. The number of ether oxygens (including phenoxy) is 1. The molecule has 4 rings (SSSR count). The van der Waals surface area contributed by atoms with Gasteiger partial charge in [0.25, 0.3) is 5.91 Å². The fourth-order valence-electron chi connectivity index (χ4n) is 2.89. The average Bonchev–Trinajstić information content (AvgIpc) is 2.78. The van der Waals surface area contributed by atoms with Gasteiger partial charge in [0, 0.05) is 30.5 Å². The monoisotopic (exact) mass is 385 g/mol. The van der Waals surface area contributed by atoms with Gasteiger partial charge in [0.2, 0.25) is 0 Å². The van der Waals surface area contributed by atoms with E-state index >= 15 is 0 Å². The molecule has 0 aliphatic rings. The predicted molar refractivity (Wildman–Crippen MR) is 111 cm³/mol. The SMILES string of the molecule is COc1ccc2ccnc(Nc3ccc(C(=O)NCc4cccnc4)nc3)c2c1. The topological polar surface area (TPSA) is 89.0 Å². The fourth-order valence-corrected chi connectivity index (χ4v) is 2.89. The van der Waals surface area contributed by atoms with Gasteiger partial charge < -0.3 is 15.4 Å². The fraction of sp³-hybridized carbons (Fsp3) is 0.0909. The first-order chi connectivity index (χ1) is 14.2. The van der Waals surface area contributed by atoms with Crippen LogP contribution in [0.5, 0.6) is 5.75 Å². The summed E-state index contributed by atoms with van der Waals surface area (Å²) >= 11 is 0. The predicted octanol–water partition coefficient (Wildman–Crippen LogP) is 3.71. The molecule has 0 saturated carbocycles. The van der Waals surface area contributed by atoms with Crippen LogP contribution in [0.3, 0.4) is 0 Å². The number of fused-ring (bicyclic) bond motifs is 1. The number of nitrogens with zero attached hydrogens (tertiary/aromatic N) is 3. The number of benzene rings is 1. The van der Waals surface area contributed by atoms with Crippen molar-refractivity contribution in [2.24, 2.45) is 0 Å². The Morgan fingerprint density at radius 1 is 1.03 bits per heavy atom. The van der Waals surface area contributed by atoms with Crippen LogP contribution in [0.25, 0.3) is 10.8 Å². The minimum Gasteiger partial charge on any atom is -0.497 e. The van der Waals surface area contributed by atoms with Crippen molar-refractivity contribution >= 4 is 28.2 Å². The summed E-state index contributed by atoms with van der Waals surface area (Å²) in [6, 6.07) is 15.0.